The lowest BCUT2D eigenvalue weighted by Gasteiger charge is -2.21. The fraction of sp³-hybridized carbons (Fsp3) is 0.250. The van der Waals surface area contributed by atoms with E-state index in [1.165, 1.54) is 5.57 Å². The average molecular weight is 172 g/mol. The molecule has 0 saturated heterocycles. The molecule has 1 aliphatic carbocycles. The van der Waals surface area contributed by atoms with Crippen molar-refractivity contribution in [2.45, 2.75) is 19.8 Å². The van der Waals surface area contributed by atoms with Crippen molar-refractivity contribution in [1.29, 1.82) is 0 Å². The van der Waals surface area contributed by atoms with E-state index in [1.54, 1.807) is 0 Å². The van der Waals surface area contributed by atoms with Crippen molar-refractivity contribution in [3.63, 3.8) is 0 Å². The summed E-state index contributed by atoms with van der Waals surface area (Å²) in [4.78, 5) is 11.3. The first-order valence-electron chi connectivity index (χ1n) is 4.63. The van der Waals surface area contributed by atoms with E-state index in [-0.39, 0.29) is 0 Å². The third kappa shape index (κ3) is 1.31. The highest BCUT2D eigenvalue weighted by Crippen LogP contribution is 2.34. The Hall–Kier alpha value is -1.37. The standard InChI is InChI=1S/C12H12O/c1-2-9-8-11(13)12(9)10-6-4-3-5-7-10/h3-7H,2,8H2,1H3. The van der Waals surface area contributed by atoms with Crippen LogP contribution in [-0.2, 0) is 4.79 Å². The zero-order valence-corrected chi connectivity index (χ0v) is 7.71. The number of ketones is 1. The maximum atomic E-state index is 11.3. The van der Waals surface area contributed by atoms with Gasteiger partial charge in [0.05, 0.1) is 0 Å². The molecule has 0 saturated carbocycles. The molecular formula is C12H12O. The lowest BCUT2D eigenvalue weighted by Crippen LogP contribution is -2.16. The highest BCUT2D eigenvalue weighted by Gasteiger charge is 2.26. The van der Waals surface area contributed by atoms with Gasteiger partial charge in [0, 0.05) is 12.0 Å². The van der Waals surface area contributed by atoms with Gasteiger partial charge in [-0.05, 0) is 12.0 Å². The minimum atomic E-state index is 0.294. The second-order valence-corrected chi connectivity index (χ2v) is 3.30. The molecule has 0 spiro atoms. The highest BCUT2D eigenvalue weighted by molar-refractivity contribution is 6.28. The Kier molecular flexibility index (Phi) is 2.01. The molecule has 13 heavy (non-hydrogen) atoms. The van der Waals surface area contributed by atoms with E-state index in [2.05, 4.69) is 6.92 Å². The van der Waals surface area contributed by atoms with E-state index in [1.807, 2.05) is 30.3 Å². The minimum absolute atomic E-state index is 0.294. The molecule has 0 unspecified atom stereocenters. The maximum absolute atomic E-state index is 11.3. The van der Waals surface area contributed by atoms with Crippen LogP contribution in [0.1, 0.15) is 25.3 Å². The van der Waals surface area contributed by atoms with Crippen molar-refractivity contribution in [1.82, 2.24) is 0 Å². The Morgan fingerprint density at radius 2 is 1.92 bits per heavy atom. The van der Waals surface area contributed by atoms with Crippen LogP contribution in [0.3, 0.4) is 0 Å². The summed E-state index contributed by atoms with van der Waals surface area (Å²) in [6.45, 7) is 2.10. The molecule has 1 aliphatic rings. The molecule has 0 atom stereocenters. The van der Waals surface area contributed by atoms with Crippen LogP contribution in [0.25, 0.3) is 5.57 Å². The second kappa shape index (κ2) is 3.17. The molecule has 1 aromatic rings. The van der Waals surface area contributed by atoms with Crippen LogP contribution in [0.2, 0.25) is 0 Å². The molecule has 1 aromatic carbocycles. The third-order valence-electron chi connectivity index (χ3n) is 2.50. The van der Waals surface area contributed by atoms with E-state index in [9.17, 15) is 4.79 Å². The van der Waals surface area contributed by atoms with Gasteiger partial charge in [-0.15, -0.1) is 0 Å². The van der Waals surface area contributed by atoms with E-state index in [0.717, 1.165) is 17.6 Å². The Morgan fingerprint density at radius 1 is 1.23 bits per heavy atom. The zero-order chi connectivity index (χ0) is 9.26. The van der Waals surface area contributed by atoms with Crippen LogP contribution in [0, 0.1) is 0 Å². The van der Waals surface area contributed by atoms with Crippen molar-refractivity contribution >= 4 is 11.4 Å². The highest BCUT2D eigenvalue weighted by atomic mass is 16.1. The largest absolute Gasteiger partial charge is 0.294 e. The molecule has 0 heterocycles. The smallest absolute Gasteiger partial charge is 0.167 e. The van der Waals surface area contributed by atoms with Crippen molar-refractivity contribution < 1.29 is 4.79 Å². The van der Waals surface area contributed by atoms with E-state index >= 15 is 0 Å². The van der Waals surface area contributed by atoms with Crippen LogP contribution < -0.4 is 0 Å². The van der Waals surface area contributed by atoms with Gasteiger partial charge in [0.25, 0.3) is 0 Å². The normalized spacial score (nSPS) is 15.9. The lowest BCUT2D eigenvalue weighted by molar-refractivity contribution is -0.114. The number of rotatable bonds is 2. The zero-order valence-electron chi connectivity index (χ0n) is 7.71. The number of carbonyl (C=O) groups excluding carboxylic acids is 1. The summed E-state index contributed by atoms with van der Waals surface area (Å²) in [5.41, 5.74) is 3.34. The Morgan fingerprint density at radius 3 is 2.46 bits per heavy atom. The number of hydrogen-bond acceptors (Lipinski definition) is 1. The number of Topliss-reactive ketones (excluding diaryl/α,β-unsaturated/α-hetero) is 1. The number of allylic oxidation sites excluding steroid dienone is 2. The Bertz CT molecular complexity index is 360. The molecule has 1 heteroatoms. The molecular weight excluding hydrogens is 160 g/mol. The molecule has 2 rings (SSSR count). The van der Waals surface area contributed by atoms with Gasteiger partial charge in [-0.3, -0.25) is 4.79 Å². The molecule has 0 bridgehead atoms. The number of hydrogen-bond donors (Lipinski definition) is 0. The molecule has 1 nitrogen and oxygen atoms in total. The fourth-order valence-electron chi connectivity index (χ4n) is 1.73. The molecule has 0 fully saturated rings. The first-order chi connectivity index (χ1) is 6.33. The molecule has 0 aliphatic heterocycles. The topological polar surface area (TPSA) is 17.1 Å². The summed E-state index contributed by atoms with van der Waals surface area (Å²) >= 11 is 0. The van der Waals surface area contributed by atoms with E-state index in [0.29, 0.717) is 12.2 Å². The third-order valence-corrected chi connectivity index (χ3v) is 2.50. The van der Waals surface area contributed by atoms with Gasteiger partial charge < -0.3 is 0 Å². The Labute approximate surface area is 78.1 Å². The first kappa shape index (κ1) is 8.24. The average Bonchev–Trinajstić information content (AvgIpc) is 2.15. The maximum Gasteiger partial charge on any atom is 0.167 e. The molecule has 0 radical (unpaired) electrons. The number of carbonyl (C=O) groups is 1. The minimum Gasteiger partial charge on any atom is -0.294 e. The Balaban J connectivity index is 2.42. The SMILES string of the molecule is CCC1=C(c2ccccc2)C(=O)C1. The van der Waals surface area contributed by atoms with Gasteiger partial charge in [0.15, 0.2) is 5.78 Å². The van der Waals surface area contributed by atoms with E-state index in [4.69, 9.17) is 0 Å². The number of benzene rings is 1. The quantitative estimate of drug-likeness (QED) is 0.670. The molecule has 66 valence electrons. The van der Waals surface area contributed by atoms with Crippen molar-refractivity contribution in [3.05, 3.63) is 41.5 Å². The van der Waals surface area contributed by atoms with Gasteiger partial charge in [-0.25, -0.2) is 0 Å². The van der Waals surface area contributed by atoms with Crippen LogP contribution in [0.15, 0.2) is 35.9 Å². The van der Waals surface area contributed by atoms with Crippen LogP contribution in [0.5, 0.6) is 0 Å². The van der Waals surface area contributed by atoms with Crippen LogP contribution in [-0.4, -0.2) is 5.78 Å². The monoisotopic (exact) mass is 172 g/mol. The summed E-state index contributed by atoms with van der Waals surface area (Å²) in [6, 6.07) is 9.92. The summed E-state index contributed by atoms with van der Waals surface area (Å²) < 4.78 is 0. The van der Waals surface area contributed by atoms with Crippen LogP contribution >= 0.6 is 0 Å². The molecule has 0 amide bonds. The van der Waals surface area contributed by atoms with Crippen molar-refractivity contribution in [2.24, 2.45) is 0 Å². The molecule has 0 aromatic heterocycles. The summed E-state index contributed by atoms with van der Waals surface area (Å²) in [5, 5.41) is 0. The van der Waals surface area contributed by atoms with Gasteiger partial charge in [0.2, 0.25) is 0 Å². The van der Waals surface area contributed by atoms with Gasteiger partial charge >= 0.3 is 0 Å². The summed E-state index contributed by atoms with van der Waals surface area (Å²) in [6.07, 6.45) is 1.66. The second-order valence-electron chi connectivity index (χ2n) is 3.30. The predicted octanol–water partition coefficient (Wildman–Crippen LogP) is 2.82. The van der Waals surface area contributed by atoms with Gasteiger partial charge in [-0.1, -0.05) is 42.8 Å². The van der Waals surface area contributed by atoms with Gasteiger partial charge in [0.1, 0.15) is 0 Å². The van der Waals surface area contributed by atoms with Gasteiger partial charge in [-0.2, -0.15) is 0 Å². The summed E-state index contributed by atoms with van der Waals surface area (Å²) in [7, 11) is 0. The van der Waals surface area contributed by atoms with Crippen molar-refractivity contribution in [2.75, 3.05) is 0 Å². The predicted molar refractivity (Wildman–Crippen MR) is 53.3 cm³/mol. The summed E-state index contributed by atoms with van der Waals surface area (Å²) in [5.74, 6) is 0.294. The fourth-order valence-corrected chi connectivity index (χ4v) is 1.73. The molecule has 0 N–H and O–H groups in total. The first-order valence-corrected chi connectivity index (χ1v) is 4.63. The van der Waals surface area contributed by atoms with Crippen LogP contribution in [0.4, 0.5) is 0 Å². The lowest BCUT2D eigenvalue weighted by atomic mass is 9.81. The van der Waals surface area contributed by atoms with E-state index < -0.39 is 0 Å². The van der Waals surface area contributed by atoms with Crippen molar-refractivity contribution in [3.8, 4) is 0 Å².